The molecule has 0 saturated carbocycles. The van der Waals surface area contributed by atoms with Gasteiger partial charge in [-0.15, -0.1) is 0 Å². The number of benzene rings is 3. The maximum Gasteiger partial charge on any atom is 0.264 e. The molecule has 3 amide bonds. The molecule has 178 valence electrons. The minimum Gasteiger partial charge on any atom is -0.300 e. The zero-order chi connectivity index (χ0) is 25.3. The minimum absolute atomic E-state index is 0.175. The van der Waals surface area contributed by atoms with E-state index in [2.05, 4.69) is 0 Å². The van der Waals surface area contributed by atoms with Gasteiger partial charge in [-0.2, -0.15) is 0 Å². The normalized spacial score (nSPS) is 19.3. The van der Waals surface area contributed by atoms with Crippen molar-refractivity contribution in [3.63, 3.8) is 0 Å². The third kappa shape index (κ3) is 3.54. The summed E-state index contributed by atoms with van der Waals surface area (Å²) in [5.41, 5.74) is 1.28. The van der Waals surface area contributed by atoms with Crippen LogP contribution in [0.2, 0.25) is 25.1 Å². The Hall–Kier alpha value is -2.35. The van der Waals surface area contributed by atoms with Crippen molar-refractivity contribution < 1.29 is 18.8 Å². The van der Waals surface area contributed by atoms with E-state index in [4.69, 9.17) is 58.0 Å². The summed E-state index contributed by atoms with van der Waals surface area (Å²) >= 11 is 30.9. The zero-order valence-corrected chi connectivity index (χ0v) is 21.4. The van der Waals surface area contributed by atoms with Crippen LogP contribution in [-0.4, -0.2) is 28.7 Å². The number of carbonyl (C=O) groups is 3. The second-order valence-electron chi connectivity index (χ2n) is 8.07. The first-order valence-electron chi connectivity index (χ1n) is 10.1. The van der Waals surface area contributed by atoms with Gasteiger partial charge in [-0.05, 0) is 42.3 Å². The van der Waals surface area contributed by atoms with Gasteiger partial charge in [0.25, 0.3) is 17.7 Å². The van der Waals surface area contributed by atoms with E-state index >= 15 is 0 Å². The summed E-state index contributed by atoms with van der Waals surface area (Å²) in [6.07, 6.45) is 0. The molecule has 5 rings (SSSR count). The second kappa shape index (κ2) is 8.64. The van der Waals surface area contributed by atoms with Crippen molar-refractivity contribution in [1.82, 2.24) is 4.90 Å². The molecule has 35 heavy (non-hydrogen) atoms. The quantitative estimate of drug-likeness (QED) is 0.145. The first kappa shape index (κ1) is 24.3. The standard InChI is InChI=1S/C24H12Cl5FN2O3/c1-9-2-5-11(25)8-13(9)31-20(10-3-6-12(30)7-4-10)21(24(31)35)32-22(33)14-15(23(32)34)17(27)19(29)18(28)16(14)26/h2-8,20-21H,1H3. The fourth-order valence-corrected chi connectivity index (χ4v) is 5.63. The van der Waals surface area contributed by atoms with E-state index in [0.29, 0.717) is 16.3 Å². The molecule has 0 N–H and O–H groups in total. The molecule has 3 aromatic carbocycles. The molecule has 0 radical (unpaired) electrons. The number of imide groups is 1. The SMILES string of the molecule is Cc1ccc(Cl)cc1N1C(=O)C(N2C(=O)c3c(Cl)c(Cl)c(Cl)c(Cl)c3C2=O)C1c1ccc(F)cc1. The van der Waals surface area contributed by atoms with Crippen LogP contribution in [0.15, 0.2) is 42.5 Å². The molecule has 3 aromatic rings. The Labute approximate surface area is 223 Å². The lowest BCUT2D eigenvalue weighted by Crippen LogP contribution is -2.67. The molecule has 11 heteroatoms. The predicted octanol–water partition coefficient (Wildman–Crippen LogP) is 7.15. The Kier molecular flexibility index (Phi) is 6.01. The number of hydrogen-bond acceptors (Lipinski definition) is 3. The van der Waals surface area contributed by atoms with Gasteiger partial charge in [0.2, 0.25) is 0 Å². The van der Waals surface area contributed by atoms with E-state index in [0.717, 1.165) is 10.5 Å². The van der Waals surface area contributed by atoms with Gasteiger partial charge < -0.3 is 4.90 Å². The first-order chi connectivity index (χ1) is 16.5. The van der Waals surface area contributed by atoms with Gasteiger partial charge in [0, 0.05) is 10.7 Å². The monoisotopic (exact) mass is 570 g/mol. The Morgan fingerprint density at radius 3 is 1.80 bits per heavy atom. The fourth-order valence-electron chi connectivity index (χ4n) is 4.45. The molecule has 2 unspecified atom stereocenters. The average molecular weight is 573 g/mol. The van der Waals surface area contributed by atoms with Crippen molar-refractivity contribution >= 4 is 81.4 Å². The number of fused-ring (bicyclic) bond motifs is 1. The maximum absolute atomic E-state index is 13.7. The smallest absolute Gasteiger partial charge is 0.264 e. The van der Waals surface area contributed by atoms with Crippen LogP contribution in [0.4, 0.5) is 10.1 Å². The Morgan fingerprint density at radius 1 is 0.714 bits per heavy atom. The number of rotatable bonds is 3. The number of anilines is 1. The lowest BCUT2D eigenvalue weighted by atomic mass is 9.85. The van der Waals surface area contributed by atoms with Gasteiger partial charge in [0.15, 0.2) is 0 Å². The van der Waals surface area contributed by atoms with Crippen molar-refractivity contribution in [2.45, 2.75) is 19.0 Å². The molecule has 5 nitrogen and oxygen atoms in total. The number of nitrogens with zero attached hydrogens (tertiary/aromatic N) is 2. The molecular formula is C24H12Cl5FN2O3. The third-order valence-corrected chi connectivity index (χ3v) is 8.16. The summed E-state index contributed by atoms with van der Waals surface area (Å²) in [5, 5.41) is -0.421. The topological polar surface area (TPSA) is 57.7 Å². The van der Waals surface area contributed by atoms with Crippen molar-refractivity contribution in [2.75, 3.05) is 4.90 Å². The van der Waals surface area contributed by atoms with Crippen LogP contribution in [0.25, 0.3) is 0 Å². The van der Waals surface area contributed by atoms with Gasteiger partial charge >= 0.3 is 0 Å². The van der Waals surface area contributed by atoms with Gasteiger partial charge in [0.1, 0.15) is 11.9 Å². The molecular weight excluding hydrogens is 561 g/mol. The zero-order valence-electron chi connectivity index (χ0n) is 17.6. The van der Waals surface area contributed by atoms with E-state index in [-0.39, 0.29) is 31.2 Å². The highest BCUT2D eigenvalue weighted by Gasteiger charge is 2.58. The van der Waals surface area contributed by atoms with Crippen LogP contribution in [0.3, 0.4) is 0 Å². The molecule has 2 heterocycles. The van der Waals surface area contributed by atoms with E-state index in [1.54, 1.807) is 25.1 Å². The maximum atomic E-state index is 13.7. The molecule has 2 aliphatic heterocycles. The molecule has 0 aliphatic carbocycles. The van der Waals surface area contributed by atoms with E-state index in [9.17, 15) is 18.8 Å². The average Bonchev–Trinajstić information content (AvgIpc) is 3.08. The van der Waals surface area contributed by atoms with Crippen molar-refractivity contribution in [3.05, 3.63) is 95.6 Å². The number of hydrogen-bond donors (Lipinski definition) is 0. The summed E-state index contributed by atoms with van der Waals surface area (Å²) in [6, 6.07) is 8.37. The summed E-state index contributed by atoms with van der Waals surface area (Å²) in [7, 11) is 0. The molecule has 0 aromatic heterocycles. The van der Waals surface area contributed by atoms with Crippen LogP contribution >= 0.6 is 58.0 Å². The van der Waals surface area contributed by atoms with Crippen LogP contribution in [-0.2, 0) is 4.79 Å². The summed E-state index contributed by atoms with van der Waals surface area (Å²) < 4.78 is 13.7. The lowest BCUT2D eigenvalue weighted by molar-refractivity contribution is -0.130. The first-order valence-corrected chi connectivity index (χ1v) is 12.0. The highest BCUT2D eigenvalue weighted by molar-refractivity contribution is 6.55. The number of amides is 3. The summed E-state index contributed by atoms with van der Waals surface area (Å²) in [5.74, 6) is -2.68. The molecule has 1 saturated heterocycles. The Bertz CT molecular complexity index is 1410. The van der Waals surface area contributed by atoms with Gasteiger partial charge in [-0.1, -0.05) is 76.2 Å². The molecule has 2 atom stereocenters. The van der Waals surface area contributed by atoms with E-state index in [1.165, 1.54) is 29.2 Å². The molecule has 1 fully saturated rings. The lowest BCUT2D eigenvalue weighted by Gasteiger charge is -2.50. The highest BCUT2D eigenvalue weighted by atomic mass is 35.5. The third-order valence-electron chi connectivity index (χ3n) is 6.12. The molecule has 0 bridgehead atoms. The fraction of sp³-hybridized carbons (Fsp3) is 0.125. The Morgan fingerprint density at radius 2 is 1.26 bits per heavy atom. The van der Waals surface area contributed by atoms with Gasteiger partial charge in [-0.25, -0.2) is 4.39 Å². The summed E-state index contributed by atoms with van der Waals surface area (Å²) in [6.45, 7) is 1.79. The minimum atomic E-state index is -1.25. The largest absolute Gasteiger partial charge is 0.300 e. The van der Waals surface area contributed by atoms with E-state index < -0.39 is 35.6 Å². The van der Waals surface area contributed by atoms with Crippen LogP contribution < -0.4 is 4.90 Å². The highest BCUT2D eigenvalue weighted by Crippen LogP contribution is 2.49. The van der Waals surface area contributed by atoms with E-state index in [1.807, 2.05) is 0 Å². The summed E-state index contributed by atoms with van der Waals surface area (Å²) in [4.78, 5) is 42.6. The molecule has 0 spiro atoms. The predicted molar refractivity (Wildman–Crippen MR) is 134 cm³/mol. The number of β-lactam (4-membered cyclic amide) rings is 1. The van der Waals surface area contributed by atoms with Crippen molar-refractivity contribution in [1.29, 1.82) is 0 Å². The van der Waals surface area contributed by atoms with Crippen LogP contribution in [0, 0.1) is 12.7 Å². The van der Waals surface area contributed by atoms with Gasteiger partial charge in [-0.3, -0.25) is 19.3 Å². The van der Waals surface area contributed by atoms with Gasteiger partial charge in [0.05, 0.1) is 37.3 Å². The number of aryl methyl sites for hydroxylation is 1. The Balaban J connectivity index is 1.65. The second-order valence-corrected chi connectivity index (χ2v) is 10.0. The van der Waals surface area contributed by atoms with Crippen LogP contribution in [0.5, 0.6) is 0 Å². The van der Waals surface area contributed by atoms with Crippen LogP contribution in [0.1, 0.15) is 37.9 Å². The van der Waals surface area contributed by atoms with Crippen molar-refractivity contribution in [3.8, 4) is 0 Å². The number of carbonyl (C=O) groups excluding carboxylic acids is 3. The van der Waals surface area contributed by atoms with Crippen molar-refractivity contribution in [2.24, 2.45) is 0 Å². The molecule has 2 aliphatic rings. The number of halogens is 6.